The monoisotopic (exact) mass is 253 g/mol. The molecule has 4 nitrogen and oxygen atoms in total. The molecule has 1 atom stereocenters. The van der Waals surface area contributed by atoms with E-state index in [0.29, 0.717) is 5.92 Å². The fourth-order valence-electron chi connectivity index (χ4n) is 2.84. The maximum atomic E-state index is 10.6. The topological polar surface area (TPSA) is 49.2 Å². The summed E-state index contributed by atoms with van der Waals surface area (Å²) >= 11 is 1.66. The molecule has 17 heavy (non-hydrogen) atoms. The van der Waals surface area contributed by atoms with Crippen molar-refractivity contribution < 1.29 is 5.11 Å². The number of aliphatic hydroxyl groups is 1. The Kier molecular flexibility index (Phi) is 2.92. The standard InChI is InChI=1S/C12H19N3OS/c1-9-13-14-11(17-9)7-15-6-2-5-12(16,8-15)10-3-4-10/h10,16H,2-8H2,1H3. The average molecular weight is 253 g/mol. The van der Waals surface area contributed by atoms with Crippen molar-refractivity contribution >= 4 is 11.3 Å². The highest BCUT2D eigenvalue weighted by Gasteiger charge is 2.45. The van der Waals surface area contributed by atoms with Crippen molar-refractivity contribution in [1.29, 1.82) is 0 Å². The van der Waals surface area contributed by atoms with Crippen LogP contribution in [-0.2, 0) is 6.54 Å². The lowest BCUT2D eigenvalue weighted by molar-refractivity contribution is -0.0502. The Labute approximate surface area is 106 Å². The zero-order valence-electron chi connectivity index (χ0n) is 10.2. The first kappa shape index (κ1) is 11.6. The molecule has 1 aromatic heterocycles. The summed E-state index contributed by atoms with van der Waals surface area (Å²) in [6.45, 7) is 4.72. The van der Waals surface area contributed by atoms with Gasteiger partial charge in [0.05, 0.1) is 12.1 Å². The number of likely N-dealkylation sites (tertiary alicyclic amines) is 1. The number of β-amino-alcohol motifs (C(OH)–C–C–N with tert-alkyl or cyclic N) is 1. The van der Waals surface area contributed by atoms with Gasteiger partial charge in [0.15, 0.2) is 0 Å². The zero-order chi connectivity index (χ0) is 11.9. The smallest absolute Gasteiger partial charge is 0.131 e. The minimum Gasteiger partial charge on any atom is -0.388 e. The number of hydrogen-bond acceptors (Lipinski definition) is 5. The third-order valence-electron chi connectivity index (χ3n) is 3.85. The number of nitrogens with zero attached hydrogens (tertiary/aromatic N) is 3. The van der Waals surface area contributed by atoms with Crippen LogP contribution < -0.4 is 0 Å². The molecule has 1 unspecified atom stereocenters. The number of aromatic nitrogens is 2. The predicted octanol–water partition coefficient (Wildman–Crippen LogP) is 1.58. The Morgan fingerprint density at radius 2 is 2.29 bits per heavy atom. The number of piperidine rings is 1. The van der Waals surface area contributed by atoms with Gasteiger partial charge in [-0.3, -0.25) is 4.90 Å². The summed E-state index contributed by atoms with van der Waals surface area (Å²) in [5.74, 6) is 0.557. The van der Waals surface area contributed by atoms with Gasteiger partial charge in [0.1, 0.15) is 10.0 Å². The second-order valence-corrected chi connectivity index (χ2v) is 6.67. The zero-order valence-corrected chi connectivity index (χ0v) is 11.0. The molecule has 0 aromatic carbocycles. The van der Waals surface area contributed by atoms with Crippen molar-refractivity contribution in [2.75, 3.05) is 13.1 Å². The molecule has 5 heteroatoms. The number of hydrogen-bond donors (Lipinski definition) is 1. The molecule has 2 heterocycles. The van der Waals surface area contributed by atoms with Crippen LogP contribution in [0.3, 0.4) is 0 Å². The van der Waals surface area contributed by atoms with Gasteiger partial charge in [0.2, 0.25) is 0 Å². The Balaban J connectivity index is 1.63. The third-order valence-corrected chi connectivity index (χ3v) is 4.67. The molecule has 0 amide bonds. The maximum Gasteiger partial charge on any atom is 0.131 e. The normalized spacial score (nSPS) is 30.7. The summed E-state index contributed by atoms with van der Waals surface area (Å²) in [6, 6.07) is 0. The van der Waals surface area contributed by atoms with E-state index in [-0.39, 0.29) is 0 Å². The summed E-state index contributed by atoms with van der Waals surface area (Å²) < 4.78 is 0. The fourth-order valence-corrected chi connectivity index (χ4v) is 3.59. The molecule has 1 aromatic rings. The van der Waals surface area contributed by atoms with E-state index in [4.69, 9.17) is 0 Å². The van der Waals surface area contributed by atoms with E-state index in [1.165, 1.54) is 12.8 Å². The molecule has 94 valence electrons. The molecule has 1 aliphatic carbocycles. The van der Waals surface area contributed by atoms with Gasteiger partial charge in [-0.15, -0.1) is 21.5 Å². The van der Waals surface area contributed by atoms with Crippen molar-refractivity contribution in [3.8, 4) is 0 Å². The first-order valence-corrected chi connectivity index (χ1v) is 7.21. The SMILES string of the molecule is Cc1nnc(CN2CCCC(O)(C3CC3)C2)s1. The third kappa shape index (κ3) is 2.51. The van der Waals surface area contributed by atoms with Gasteiger partial charge in [-0.1, -0.05) is 0 Å². The van der Waals surface area contributed by atoms with E-state index in [1.54, 1.807) is 11.3 Å². The van der Waals surface area contributed by atoms with E-state index >= 15 is 0 Å². The summed E-state index contributed by atoms with van der Waals surface area (Å²) in [5.41, 5.74) is -0.419. The number of aryl methyl sites for hydroxylation is 1. The van der Waals surface area contributed by atoms with E-state index in [0.717, 1.165) is 42.5 Å². The van der Waals surface area contributed by atoms with Gasteiger partial charge in [0, 0.05) is 6.54 Å². The Morgan fingerprint density at radius 3 is 2.94 bits per heavy atom. The highest BCUT2D eigenvalue weighted by Crippen LogP contribution is 2.44. The lowest BCUT2D eigenvalue weighted by Crippen LogP contribution is -2.49. The van der Waals surface area contributed by atoms with E-state index in [1.807, 2.05) is 6.92 Å². The van der Waals surface area contributed by atoms with Crippen LogP contribution in [0, 0.1) is 12.8 Å². The van der Waals surface area contributed by atoms with Crippen molar-refractivity contribution in [2.45, 2.75) is 44.8 Å². The lowest BCUT2D eigenvalue weighted by Gasteiger charge is -2.39. The highest BCUT2D eigenvalue weighted by molar-refractivity contribution is 7.11. The molecule has 2 aliphatic rings. The second-order valence-electron chi connectivity index (χ2n) is 5.41. The summed E-state index contributed by atoms with van der Waals surface area (Å²) in [5, 5.41) is 20.9. The fraction of sp³-hybridized carbons (Fsp3) is 0.833. The Bertz CT molecular complexity index is 404. The molecule has 0 radical (unpaired) electrons. The molecule has 1 N–H and O–H groups in total. The van der Waals surface area contributed by atoms with E-state index in [2.05, 4.69) is 15.1 Å². The van der Waals surface area contributed by atoms with Crippen LogP contribution in [0.4, 0.5) is 0 Å². The molecule has 1 aliphatic heterocycles. The van der Waals surface area contributed by atoms with Gasteiger partial charge in [0.25, 0.3) is 0 Å². The van der Waals surface area contributed by atoms with Crippen LogP contribution in [0.1, 0.15) is 35.7 Å². The van der Waals surface area contributed by atoms with Crippen LogP contribution in [0.2, 0.25) is 0 Å². The van der Waals surface area contributed by atoms with Crippen molar-refractivity contribution in [3.05, 3.63) is 10.0 Å². The minimum absolute atomic E-state index is 0.419. The van der Waals surface area contributed by atoms with Crippen molar-refractivity contribution in [2.24, 2.45) is 5.92 Å². The molecule has 1 saturated carbocycles. The molecular formula is C12H19N3OS. The largest absolute Gasteiger partial charge is 0.388 e. The van der Waals surface area contributed by atoms with Crippen LogP contribution in [0.15, 0.2) is 0 Å². The molecule has 0 bridgehead atoms. The maximum absolute atomic E-state index is 10.6. The minimum atomic E-state index is -0.419. The molecule has 1 saturated heterocycles. The molecule has 3 rings (SSSR count). The van der Waals surface area contributed by atoms with Gasteiger partial charge in [-0.05, 0) is 45.1 Å². The van der Waals surface area contributed by atoms with E-state index < -0.39 is 5.60 Å². The van der Waals surface area contributed by atoms with Crippen LogP contribution in [0.25, 0.3) is 0 Å². The van der Waals surface area contributed by atoms with Gasteiger partial charge >= 0.3 is 0 Å². The quantitative estimate of drug-likeness (QED) is 0.888. The van der Waals surface area contributed by atoms with Crippen LogP contribution in [-0.4, -0.2) is 38.9 Å². The van der Waals surface area contributed by atoms with Gasteiger partial charge < -0.3 is 5.11 Å². The first-order valence-electron chi connectivity index (χ1n) is 6.39. The number of rotatable bonds is 3. The first-order chi connectivity index (χ1) is 8.16. The van der Waals surface area contributed by atoms with Gasteiger partial charge in [-0.25, -0.2) is 0 Å². The van der Waals surface area contributed by atoms with Crippen LogP contribution in [0.5, 0.6) is 0 Å². The average Bonchev–Trinajstić information content (AvgIpc) is 3.05. The highest BCUT2D eigenvalue weighted by atomic mass is 32.1. The Hall–Kier alpha value is -0.520. The van der Waals surface area contributed by atoms with Crippen molar-refractivity contribution in [1.82, 2.24) is 15.1 Å². The molecule has 2 fully saturated rings. The second kappa shape index (κ2) is 4.30. The molecular weight excluding hydrogens is 234 g/mol. The lowest BCUT2D eigenvalue weighted by atomic mass is 9.88. The van der Waals surface area contributed by atoms with Crippen molar-refractivity contribution in [3.63, 3.8) is 0 Å². The van der Waals surface area contributed by atoms with Gasteiger partial charge in [-0.2, -0.15) is 0 Å². The Morgan fingerprint density at radius 1 is 1.47 bits per heavy atom. The van der Waals surface area contributed by atoms with Crippen LogP contribution >= 0.6 is 11.3 Å². The van der Waals surface area contributed by atoms with E-state index in [9.17, 15) is 5.11 Å². The summed E-state index contributed by atoms with van der Waals surface area (Å²) in [6.07, 6.45) is 4.50. The molecule has 0 spiro atoms. The summed E-state index contributed by atoms with van der Waals surface area (Å²) in [7, 11) is 0. The predicted molar refractivity (Wildman–Crippen MR) is 66.8 cm³/mol. The summed E-state index contributed by atoms with van der Waals surface area (Å²) in [4.78, 5) is 2.34.